The van der Waals surface area contributed by atoms with Gasteiger partial charge in [0.05, 0.1) is 9.79 Å². The molecule has 0 saturated carbocycles. The molecule has 0 amide bonds. The number of unbranched alkanes of at least 4 members (excludes halogenated alkanes) is 1. The summed E-state index contributed by atoms with van der Waals surface area (Å²) in [4.78, 5) is 0.200. The van der Waals surface area contributed by atoms with Gasteiger partial charge in [-0.2, -0.15) is 0 Å². The molecular formula is C15H25NO4S2. The second-order valence-corrected chi connectivity index (χ2v) is 9.29. The number of sulfonamides is 1. The molecule has 0 aliphatic rings. The van der Waals surface area contributed by atoms with Crippen molar-refractivity contribution in [3.63, 3.8) is 0 Å². The SMILES string of the molecule is CCCC[C@H](CC)CNS(=O)(=O)c1ccc(S(C)(=O)=O)cc1. The summed E-state index contributed by atoms with van der Waals surface area (Å²) in [6.45, 7) is 4.57. The maximum atomic E-state index is 12.2. The highest BCUT2D eigenvalue weighted by Gasteiger charge is 2.17. The fraction of sp³-hybridized carbons (Fsp3) is 0.600. The first kappa shape index (κ1) is 19.1. The Balaban J connectivity index is 2.78. The normalized spacial score (nSPS) is 14.0. The van der Waals surface area contributed by atoms with Crippen LogP contribution in [0.4, 0.5) is 0 Å². The van der Waals surface area contributed by atoms with E-state index in [2.05, 4.69) is 18.6 Å². The van der Waals surface area contributed by atoms with Crippen LogP contribution in [-0.4, -0.2) is 29.6 Å². The quantitative estimate of drug-likeness (QED) is 0.744. The first-order valence-electron chi connectivity index (χ1n) is 7.50. The molecule has 0 aliphatic carbocycles. The topological polar surface area (TPSA) is 80.3 Å². The van der Waals surface area contributed by atoms with Gasteiger partial charge in [-0.15, -0.1) is 0 Å². The first-order chi connectivity index (χ1) is 10.2. The van der Waals surface area contributed by atoms with Crippen molar-refractivity contribution < 1.29 is 16.8 Å². The van der Waals surface area contributed by atoms with Crippen LogP contribution in [0.3, 0.4) is 0 Å². The molecule has 1 N–H and O–H groups in total. The van der Waals surface area contributed by atoms with Crippen molar-refractivity contribution in [2.45, 2.75) is 49.3 Å². The maximum Gasteiger partial charge on any atom is 0.240 e. The van der Waals surface area contributed by atoms with Gasteiger partial charge in [0, 0.05) is 12.8 Å². The molecule has 0 aliphatic heterocycles. The molecule has 1 atom stereocenters. The molecule has 0 spiro atoms. The number of benzene rings is 1. The van der Waals surface area contributed by atoms with E-state index in [0.29, 0.717) is 12.5 Å². The summed E-state index contributed by atoms with van der Waals surface area (Å²) in [5, 5.41) is 0. The van der Waals surface area contributed by atoms with Crippen molar-refractivity contribution in [3.8, 4) is 0 Å². The lowest BCUT2D eigenvalue weighted by Gasteiger charge is -2.15. The van der Waals surface area contributed by atoms with E-state index in [1.165, 1.54) is 24.3 Å². The van der Waals surface area contributed by atoms with Crippen molar-refractivity contribution in [2.24, 2.45) is 5.92 Å². The van der Waals surface area contributed by atoms with E-state index in [4.69, 9.17) is 0 Å². The largest absolute Gasteiger partial charge is 0.240 e. The predicted octanol–water partition coefficient (Wildman–Crippen LogP) is 2.58. The second-order valence-electron chi connectivity index (χ2n) is 5.51. The Morgan fingerprint density at radius 3 is 2.00 bits per heavy atom. The lowest BCUT2D eigenvalue weighted by Crippen LogP contribution is -2.29. The summed E-state index contributed by atoms with van der Waals surface area (Å²) in [5.41, 5.74) is 0. The van der Waals surface area contributed by atoms with Crippen LogP contribution in [0.25, 0.3) is 0 Å². The Labute approximate surface area is 134 Å². The fourth-order valence-corrected chi connectivity index (χ4v) is 3.87. The number of nitrogens with one attached hydrogen (secondary N) is 1. The molecule has 1 aromatic carbocycles. The predicted molar refractivity (Wildman–Crippen MR) is 88.0 cm³/mol. The van der Waals surface area contributed by atoms with Gasteiger partial charge in [-0.1, -0.05) is 33.1 Å². The lowest BCUT2D eigenvalue weighted by atomic mass is 10.00. The van der Waals surface area contributed by atoms with E-state index in [1.54, 1.807) is 0 Å². The van der Waals surface area contributed by atoms with Gasteiger partial charge in [-0.25, -0.2) is 21.6 Å². The smallest absolute Gasteiger partial charge is 0.224 e. The number of rotatable bonds is 9. The van der Waals surface area contributed by atoms with Crippen LogP contribution in [0.15, 0.2) is 34.1 Å². The van der Waals surface area contributed by atoms with Crippen LogP contribution in [0.2, 0.25) is 0 Å². The van der Waals surface area contributed by atoms with Crippen molar-refractivity contribution in [3.05, 3.63) is 24.3 Å². The molecule has 0 unspecified atom stereocenters. The number of hydrogen-bond acceptors (Lipinski definition) is 4. The van der Waals surface area contributed by atoms with Crippen LogP contribution in [0.1, 0.15) is 39.5 Å². The molecule has 0 fully saturated rings. The fourth-order valence-electron chi connectivity index (χ4n) is 2.12. The average molecular weight is 348 g/mol. The molecule has 0 heterocycles. The van der Waals surface area contributed by atoms with Gasteiger partial charge in [0.25, 0.3) is 0 Å². The van der Waals surface area contributed by atoms with Crippen LogP contribution < -0.4 is 4.72 Å². The molecule has 1 aromatic rings. The third-order valence-electron chi connectivity index (χ3n) is 3.67. The van der Waals surface area contributed by atoms with Gasteiger partial charge >= 0.3 is 0 Å². The zero-order valence-corrected chi connectivity index (χ0v) is 15.0. The highest BCUT2D eigenvalue weighted by atomic mass is 32.2. The van der Waals surface area contributed by atoms with Gasteiger partial charge in [0.2, 0.25) is 10.0 Å². The van der Waals surface area contributed by atoms with Crippen molar-refractivity contribution in [2.75, 3.05) is 12.8 Å². The third-order valence-corrected chi connectivity index (χ3v) is 6.24. The van der Waals surface area contributed by atoms with Gasteiger partial charge in [0.1, 0.15) is 0 Å². The van der Waals surface area contributed by atoms with Gasteiger partial charge in [-0.3, -0.25) is 0 Å². The summed E-state index contributed by atoms with van der Waals surface area (Å²) in [6.07, 6.45) is 5.20. The van der Waals surface area contributed by atoms with E-state index in [0.717, 1.165) is 31.9 Å². The molecule has 1 rings (SSSR count). The van der Waals surface area contributed by atoms with Crippen LogP contribution in [0.5, 0.6) is 0 Å². The molecule has 0 aromatic heterocycles. The minimum atomic E-state index is -3.60. The monoisotopic (exact) mass is 347 g/mol. The highest BCUT2D eigenvalue weighted by Crippen LogP contribution is 2.16. The van der Waals surface area contributed by atoms with Crippen molar-refractivity contribution in [1.29, 1.82) is 0 Å². The van der Waals surface area contributed by atoms with E-state index in [1.807, 2.05) is 0 Å². The molecule has 7 heteroatoms. The maximum absolute atomic E-state index is 12.2. The van der Waals surface area contributed by atoms with Gasteiger partial charge in [0.15, 0.2) is 9.84 Å². The Bertz CT molecular complexity index is 664. The summed E-state index contributed by atoms with van der Waals surface area (Å²) in [7, 11) is -6.92. The standard InChI is InChI=1S/C15H25NO4S2/c1-4-6-7-13(5-2)12-16-22(19,20)15-10-8-14(9-11-15)21(3,17)18/h8-11,13,16H,4-7,12H2,1-3H3/t13-/m0/s1. The summed E-state index contributed by atoms with van der Waals surface area (Å²) < 4.78 is 49.8. The zero-order valence-electron chi connectivity index (χ0n) is 13.4. The molecule has 0 bridgehead atoms. The Morgan fingerprint density at radius 2 is 1.55 bits per heavy atom. The summed E-state index contributed by atoms with van der Waals surface area (Å²) in [5.74, 6) is 0.324. The molecule has 0 saturated heterocycles. The zero-order chi connectivity index (χ0) is 16.8. The van der Waals surface area contributed by atoms with Crippen LogP contribution >= 0.6 is 0 Å². The van der Waals surface area contributed by atoms with E-state index in [-0.39, 0.29) is 9.79 Å². The number of sulfone groups is 1. The summed E-state index contributed by atoms with van der Waals surface area (Å²) >= 11 is 0. The first-order valence-corrected chi connectivity index (χ1v) is 10.9. The van der Waals surface area contributed by atoms with Gasteiger partial charge in [-0.05, 0) is 36.6 Å². The molecular weight excluding hydrogens is 322 g/mol. The summed E-state index contributed by atoms with van der Waals surface area (Å²) in [6, 6.07) is 5.29. The number of hydrogen-bond donors (Lipinski definition) is 1. The van der Waals surface area contributed by atoms with E-state index in [9.17, 15) is 16.8 Å². The molecule has 22 heavy (non-hydrogen) atoms. The van der Waals surface area contributed by atoms with Crippen LogP contribution in [-0.2, 0) is 19.9 Å². The minimum Gasteiger partial charge on any atom is -0.224 e. The Morgan fingerprint density at radius 1 is 1.00 bits per heavy atom. The Kier molecular flexibility index (Phi) is 7.02. The highest BCUT2D eigenvalue weighted by molar-refractivity contribution is 7.90. The van der Waals surface area contributed by atoms with Gasteiger partial charge < -0.3 is 0 Å². The molecule has 126 valence electrons. The molecule has 5 nitrogen and oxygen atoms in total. The van der Waals surface area contributed by atoms with E-state index >= 15 is 0 Å². The van der Waals surface area contributed by atoms with E-state index < -0.39 is 19.9 Å². The van der Waals surface area contributed by atoms with Crippen molar-refractivity contribution in [1.82, 2.24) is 4.72 Å². The minimum absolute atomic E-state index is 0.0882. The molecule has 0 radical (unpaired) electrons. The average Bonchev–Trinajstić information content (AvgIpc) is 2.46. The third kappa shape index (κ3) is 5.70. The Hall–Kier alpha value is -0.920. The lowest BCUT2D eigenvalue weighted by molar-refractivity contribution is 0.443. The second kappa shape index (κ2) is 8.08. The van der Waals surface area contributed by atoms with Crippen molar-refractivity contribution >= 4 is 19.9 Å². The van der Waals surface area contributed by atoms with Crippen LogP contribution in [0, 0.1) is 5.92 Å².